The average Bonchev–Trinajstić information content (AvgIpc) is 3.44. The van der Waals surface area contributed by atoms with Gasteiger partial charge in [-0.25, -0.2) is 0 Å². The molecule has 12 heteroatoms. The van der Waals surface area contributed by atoms with Gasteiger partial charge in [0.05, 0.1) is 11.1 Å². The van der Waals surface area contributed by atoms with Gasteiger partial charge in [0.1, 0.15) is 12.0 Å². The predicted octanol–water partition coefficient (Wildman–Crippen LogP) is 8.60. The first kappa shape index (κ1) is 38.4. The van der Waals surface area contributed by atoms with Crippen molar-refractivity contribution in [1.29, 1.82) is 0 Å². The minimum Gasteiger partial charge on any atom is -0.369 e. The van der Waals surface area contributed by atoms with E-state index in [0.717, 1.165) is 49.3 Å². The number of rotatable bonds is 12. The Kier molecular flexibility index (Phi) is 11.6. The van der Waals surface area contributed by atoms with Crippen molar-refractivity contribution < 1.29 is 35.9 Å². The van der Waals surface area contributed by atoms with Crippen LogP contribution in [0.4, 0.5) is 32.0 Å². The molecule has 1 heterocycles. The van der Waals surface area contributed by atoms with Crippen molar-refractivity contribution in [3.63, 3.8) is 0 Å². The molecule has 3 aliphatic rings. The van der Waals surface area contributed by atoms with Crippen LogP contribution in [0.3, 0.4) is 0 Å². The molecule has 0 spiro atoms. The topological polar surface area (TPSA) is 55.9 Å². The minimum absolute atomic E-state index is 0.107. The molecule has 0 unspecified atom stereocenters. The highest BCUT2D eigenvalue weighted by Crippen LogP contribution is 2.51. The molecule has 284 valence electrons. The van der Waals surface area contributed by atoms with Gasteiger partial charge in [0.2, 0.25) is 5.91 Å². The molecule has 6 nitrogen and oxygen atoms in total. The predicted molar refractivity (Wildman–Crippen MR) is 194 cm³/mol. The van der Waals surface area contributed by atoms with Gasteiger partial charge in [0.15, 0.2) is 0 Å². The zero-order valence-electron chi connectivity index (χ0n) is 29.7. The number of piperazine rings is 1. The molecule has 2 aliphatic carbocycles. The Hall–Kier alpha value is -4.32. The Morgan fingerprint density at radius 2 is 1.47 bits per heavy atom. The van der Waals surface area contributed by atoms with Gasteiger partial charge in [0, 0.05) is 44.5 Å². The molecule has 0 radical (unpaired) electrons. The van der Waals surface area contributed by atoms with Crippen molar-refractivity contribution in [3.05, 3.63) is 102 Å². The van der Waals surface area contributed by atoms with Gasteiger partial charge in [-0.05, 0) is 72.7 Å². The van der Waals surface area contributed by atoms with Gasteiger partial charge >= 0.3 is 12.4 Å². The van der Waals surface area contributed by atoms with Crippen molar-refractivity contribution in [2.75, 3.05) is 50.7 Å². The molecule has 1 N–H and O–H groups in total. The lowest BCUT2D eigenvalue weighted by Crippen LogP contribution is -2.47. The normalized spacial score (nSPS) is 17.6. The number of amides is 2. The Morgan fingerprint density at radius 3 is 2.06 bits per heavy atom. The molecule has 0 aromatic heterocycles. The Morgan fingerprint density at radius 1 is 0.849 bits per heavy atom. The zero-order chi connectivity index (χ0) is 37.8. The molecule has 1 aliphatic heterocycles. The van der Waals surface area contributed by atoms with Crippen LogP contribution >= 0.6 is 0 Å². The molecule has 6 rings (SSSR count). The van der Waals surface area contributed by atoms with E-state index in [-0.39, 0.29) is 18.2 Å². The van der Waals surface area contributed by atoms with Crippen LogP contribution in [0.1, 0.15) is 78.4 Å². The fourth-order valence-electron chi connectivity index (χ4n) is 8.47. The van der Waals surface area contributed by atoms with Crippen LogP contribution < -0.4 is 10.2 Å². The van der Waals surface area contributed by atoms with E-state index in [4.69, 9.17) is 0 Å². The third-order valence-corrected chi connectivity index (χ3v) is 11.1. The van der Waals surface area contributed by atoms with Crippen molar-refractivity contribution in [2.24, 2.45) is 0 Å². The summed E-state index contributed by atoms with van der Waals surface area (Å²) in [7, 11) is 0. The maximum atomic E-state index is 14.4. The molecule has 0 atom stereocenters. The summed E-state index contributed by atoms with van der Waals surface area (Å²) in [5.74, 6) is -1.29. The molecular formula is C41H46F6N4O2. The summed E-state index contributed by atoms with van der Waals surface area (Å²) in [4.78, 5) is 33.0. The van der Waals surface area contributed by atoms with Gasteiger partial charge < -0.3 is 15.1 Å². The summed E-state index contributed by atoms with van der Waals surface area (Å²) in [6, 6.07) is 18.6. The number of alkyl halides is 6. The highest BCUT2D eigenvalue weighted by Gasteiger charge is 2.49. The van der Waals surface area contributed by atoms with E-state index in [0.29, 0.717) is 68.8 Å². The monoisotopic (exact) mass is 740 g/mol. The molecule has 3 aromatic rings. The standard InChI is InChI=1S/C41H46F6N4O2/c1-2-21-51(29-12-4-3-5-13-29)37(52)33-19-18-30(27-36(33)41(45,46)47)50-25-23-49(24-26-50)22-11-10-20-39(38(53)48-28-40(42,43)44)34-16-8-6-14-31(34)32-15-7-9-17-35(32)39/h2,6-9,14-19,27,29H,1,3-5,10-13,20-26,28H2,(H,48,53). The van der Waals surface area contributed by atoms with Crippen LogP contribution in [0.15, 0.2) is 79.4 Å². The van der Waals surface area contributed by atoms with Crippen LogP contribution in [0.2, 0.25) is 0 Å². The Labute approximate surface area is 306 Å². The van der Waals surface area contributed by atoms with E-state index in [9.17, 15) is 35.9 Å². The molecular weight excluding hydrogens is 694 g/mol. The number of nitrogens with one attached hydrogen (secondary N) is 1. The van der Waals surface area contributed by atoms with E-state index in [1.807, 2.05) is 41.3 Å². The van der Waals surface area contributed by atoms with Crippen molar-refractivity contribution in [1.82, 2.24) is 15.1 Å². The maximum absolute atomic E-state index is 14.4. The van der Waals surface area contributed by atoms with Crippen LogP contribution in [-0.4, -0.2) is 79.6 Å². The summed E-state index contributed by atoms with van der Waals surface area (Å²) in [5.41, 5.74) is 0.939. The summed E-state index contributed by atoms with van der Waals surface area (Å²) in [5, 5.41) is 2.17. The lowest BCUT2D eigenvalue weighted by molar-refractivity contribution is -0.141. The molecule has 2 amide bonds. The molecule has 2 fully saturated rings. The molecule has 1 saturated heterocycles. The number of benzene rings is 3. The zero-order valence-corrected chi connectivity index (χ0v) is 29.7. The van der Waals surface area contributed by atoms with E-state index in [1.54, 1.807) is 24.3 Å². The molecule has 3 aromatic carbocycles. The summed E-state index contributed by atoms with van der Waals surface area (Å²) >= 11 is 0. The first-order valence-electron chi connectivity index (χ1n) is 18.5. The summed E-state index contributed by atoms with van der Waals surface area (Å²) < 4.78 is 83.0. The molecule has 53 heavy (non-hydrogen) atoms. The second kappa shape index (κ2) is 16.0. The highest BCUT2D eigenvalue weighted by atomic mass is 19.4. The lowest BCUT2D eigenvalue weighted by atomic mass is 9.73. The lowest BCUT2D eigenvalue weighted by Gasteiger charge is -2.37. The van der Waals surface area contributed by atoms with Gasteiger partial charge in [-0.1, -0.05) is 80.3 Å². The van der Waals surface area contributed by atoms with E-state index in [1.165, 1.54) is 11.0 Å². The number of anilines is 1. The number of fused-ring (bicyclic) bond motifs is 3. The van der Waals surface area contributed by atoms with E-state index in [2.05, 4.69) is 16.8 Å². The van der Waals surface area contributed by atoms with Gasteiger partial charge in [-0.2, -0.15) is 26.3 Å². The average molecular weight is 741 g/mol. The number of unbranched alkanes of at least 4 members (excludes halogenated alkanes) is 1. The summed E-state index contributed by atoms with van der Waals surface area (Å²) in [6.07, 6.45) is -1.67. The highest BCUT2D eigenvalue weighted by molar-refractivity contribution is 6.00. The van der Waals surface area contributed by atoms with Crippen LogP contribution in [0.25, 0.3) is 11.1 Å². The van der Waals surface area contributed by atoms with Crippen molar-refractivity contribution in [3.8, 4) is 11.1 Å². The van der Waals surface area contributed by atoms with Gasteiger partial charge in [-0.3, -0.25) is 14.5 Å². The molecule has 0 bridgehead atoms. The Bertz CT molecular complexity index is 1730. The first-order valence-corrected chi connectivity index (χ1v) is 18.5. The second-order valence-corrected chi connectivity index (χ2v) is 14.3. The van der Waals surface area contributed by atoms with Crippen molar-refractivity contribution in [2.45, 2.75) is 75.2 Å². The van der Waals surface area contributed by atoms with Gasteiger partial charge in [-0.15, -0.1) is 6.58 Å². The van der Waals surface area contributed by atoms with Crippen molar-refractivity contribution >= 4 is 17.5 Å². The maximum Gasteiger partial charge on any atom is 0.417 e. The van der Waals surface area contributed by atoms with E-state index >= 15 is 0 Å². The number of hydrogen-bond donors (Lipinski definition) is 1. The fraction of sp³-hybridized carbons (Fsp3) is 0.463. The Balaban J connectivity index is 1.10. The number of nitrogens with zero attached hydrogens (tertiary/aromatic N) is 3. The first-order chi connectivity index (χ1) is 25.3. The fourth-order valence-corrected chi connectivity index (χ4v) is 8.47. The second-order valence-electron chi connectivity index (χ2n) is 14.3. The van der Waals surface area contributed by atoms with Crippen LogP contribution in [-0.2, 0) is 16.4 Å². The number of carbonyl (C=O) groups is 2. The third kappa shape index (κ3) is 8.27. The third-order valence-electron chi connectivity index (χ3n) is 11.1. The quantitative estimate of drug-likeness (QED) is 0.115. The van der Waals surface area contributed by atoms with Gasteiger partial charge in [0.25, 0.3) is 5.91 Å². The van der Waals surface area contributed by atoms with E-state index < -0.39 is 41.7 Å². The summed E-state index contributed by atoms with van der Waals surface area (Å²) in [6.45, 7) is 5.34. The number of hydrogen-bond acceptors (Lipinski definition) is 4. The molecule has 1 saturated carbocycles. The van der Waals surface area contributed by atoms with Crippen LogP contribution in [0.5, 0.6) is 0 Å². The minimum atomic E-state index is -4.71. The number of carbonyl (C=O) groups excluding carboxylic acids is 2. The smallest absolute Gasteiger partial charge is 0.369 e. The number of halogens is 6. The SMILES string of the molecule is C=CCN(C(=O)c1ccc(N2CCN(CCCCC3(C(=O)NCC(F)(F)F)c4ccccc4-c4ccccc43)CC2)cc1C(F)(F)F)C1CCCCC1. The largest absolute Gasteiger partial charge is 0.417 e. The van der Waals surface area contributed by atoms with Crippen LogP contribution in [0, 0.1) is 0 Å².